The summed E-state index contributed by atoms with van der Waals surface area (Å²) in [6, 6.07) is 12.4. The van der Waals surface area contributed by atoms with E-state index in [1.807, 2.05) is 18.2 Å². The molecule has 0 fully saturated rings. The highest BCUT2D eigenvalue weighted by molar-refractivity contribution is 6.42. The Morgan fingerprint density at radius 1 is 0.895 bits per heavy atom. The standard InChI is InChI=1S/C14H13Cl2NO2/c15-11-6-5-10(9-12(11)16)18-7-8-19-14-4-2-1-3-13(14)17/h1-6,9H,7-8,17H2. The third-order valence-corrected chi connectivity index (χ3v) is 3.16. The predicted molar refractivity (Wildman–Crippen MR) is 78.3 cm³/mol. The number of ether oxygens (including phenoxy) is 2. The molecule has 0 spiro atoms. The van der Waals surface area contributed by atoms with Gasteiger partial charge in [0.15, 0.2) is 0 Å². The topological polar surface area (TPSA) is 44.5 Å². The van der Waals surface area contributed by atoms with Crippen molar-refractivity contribution >= 4 is 28.9 Å². The molecular formula is C14H13Cl2NO2. The average Bonchev–Trinajstić information content (AvgIpc) is 2.40. The molecule has 2 aromatic rings. The van der Waals surface area contributed by atoms with Gasteiger partial charge >= 0.3 is 0 Å². The summed E-state index contributed by atoms with van der Waals surface area (Å²) in [6.45, 7) is 0.792. The highest BCUT2D eigenvalue weighted by Crippen LogP contribution is 2.26. The van der Waals surface area contributed by atoms with Gasteiger partial charge in [0.25, 0.3) is 0 Å². The maximum absolute atomic E-state index is 5.88. The molecule has 0 aromatic heterocycles. The molecule has 19 heavy (non-hydrogen) atoms. The van der Waals surface area contributed by atoms with Crippen LogP contribution in [-0.4, -0.2) is 13.2 Å². The van der Waals surface area contributed by atoms with Crippen LogP contribution in [0.4, 0.5) is 5.69 Å². The number of hydrogen-bond donors (Lipinski definition) is 1. The van der Waals surface area contributed by atoms with Crippen LogP contribution in [0, 0.1) is 0 Å². The normalized spacial score (nSPS) is 10.2. The molecule has 5 heteroatoms. The van der Waals surface area contributed by atoms with E-state index >= 15 is 0 Å². The molecule has 0 aliphatic heterocycles. The van der Waals surface area contributed by atoms with Crippen molar-refractivity contribution < 1.29 is 9.47 Å². The number of hydrogen-bond acceptors (Lipinski definition) is 3. The lowest BCUT2D eigenvalue weighted by atomic mass is 10.3. The minimum atomic E-state index is 0.395. The Labute approximate surface area is 121 Å². The van der Waals surface area contributed by atoms with Gasteiger partial charge in [0.05, 0.1) is 15.7 Å². The molecule has 0 radical (unpaired) electrons. The first-order valence-electron chi connectivity index (χ1n) is 5.72. The molecule has 0 amide bonds. The molecule has 100 valence electrons. The number of para-hydroxylation sites is 2. The van der Waals surface area contributed by atoms with E-state index in [-0.39, 0.29) is 0 Å². The quantitative estimate of drug-likeness (QED) is 0.669. The van der Waals surface area contributed by atoms with Gasteiger partial charge in [0.2, 0.25) is 0 Å². The fourth-order valence-electron chi connectivity index (χ4n) is 1.49. The fraction of sp³-hybridized carbons (Fsp3) is 0.143. The largest absolute Gasteiger partial charge is 0.490 e. The predicted octanol–water partition coefficient (Wildman–Crippen LogP) is 4.03. The van der Waals surface area contributed by atoms with Gasteiger partial charge in [0.1, 0.15) is 24.7 Å². The summed E-state index contributed by atoms with van der Waals surface area (Å²) in [5.74, 6) is 1.30. The molecular weight excluding hydrogens is 285 g/mol. The molecule has 0 bridgehead atoms. The van der Waals surface area contributed by atoms with Crippen LogP contribution in [0.3, 0.4) is 0 Å². The third-order valence-electron chi connectivity index (χ3n) is 2.42. The van der Waals surface area contributed by atoms with Crippen molar-refractivity contribution in [3.05, 3.63) is 52.5 Å². The second kappa shape index (κ2) is 6.55. The number of nitrogen functional groups attached to an aromatic ring is 1. The first-order chi connectivity index (χ1) is 9.16. The SMILES string of the molecule is Nc1ccccc1OCCOc1ccc(Cl)c(Cl)c1. The zero-order chi connectivity index (χ0) is 13.7. The summed E-state index contributed by atoms with van der Waals surface area (Å²) in [5.41, 5.74) is 6.36. The van der Waals surface area contributed by atoms with Gasteiger partial charge in [-0.15, -0.1) is 0 Å². The summed E-state index contributed by atoms with van der Waals surface area (Å²) < 4.78 is 11.0. The lowest BCUT2D eigenvalue weighted by Gasteiger charge is -2.10. The van der Waals surface area contributed by atoms with Crippen LogP contribution in [0.1, 0.15) is 0 Å². The van der Waals surface area contributed by atoms with Gasteiger partial charge in [-0.2, -0.15) is 0 Å². The zero-order valence-corrected chi connectivity index (χ0v) is 11.6. The average molecular weight is 298 g/mol. The third kappa shape index (κ3) is 3.94. The Morgan fingerprint density at radius 3 is 2.37 bits per heavy atom. The van der Waals surface area contributed by atoms with Crippen LogP contribution >= 0.6 is 23.2 Å². The van der Waals surface area contributed by atoms with Gasteiger partial charge in [-0.3, -0.25) is 0 Å². The van der Waals surface area contributed by atoms with E-state index in [4.69, 9.17) is 38.4 Å². The molecule has 0 heterocycles. The van der Waals surface area contributed by atoms with E-state index in [1.165, 1.54) is 0 Å². The van der Waals surface area contributed by atoms with E-state index in [0.717, 1.165) is 0 Å². The van der Waals surface area contributed by atoms with Gasteiger partial charge in [-0.25, -0.2) is 0 Å². The smallest absolute Gasteiger partial charge is 0.142 e. The number of rotatable bonds is 5. The molecule has 3 nitrogen and oxygen atoms in total. The van der Waals surface area contributed by atoms with Crippen LogP contribution in [0.5, 0.6) is 11.5 Å². The highest BCUT2D eigenvalue weighted by Gasteiger charge is 2.01. The lowest BCUT2D eigenvalue weighted by molar-refractivity contribution is 0.218. The summed E-state index contributed by atoms with van der Waals surface area (Å²) in [4.78, 5) is 0. The Balaban J connectivity index is 1.81. The van der Waals surface area contributed by atoms with E-state index in [2.05, 4.69) is 0 Å². The van der Waals surface area contributed by atoms with Crippen molar-refractivity contribution in [2.24, 2.45) is 0 Å². The number of nitrogens with two attached hydrogens (primary N) is 1. The second-order valence-corrected chi connectivity index (χ2v) is 4.63. The Bertz CT molecular complexity index is 561. The number of benzene rings is 2. The monoisotopic (exact) mass is 297 g/mol. The molecule has 0 atom stereocenters. The van der Waals surface area contributed by atoms with Gasteiger partial charge < -0.3 is 15.2 Å². The summed E-state index contributed by atoms with van der Waals surface area (Å²) in [5, 5.41) is 0.967. The van der Waals surface area contributed by atoms with Crippen molar-refractivity contribution in [1.82, 2.24) is 0 Å². The Hall–Kier alpha value is -1.58. The van der Waals surface area contributed by atoms with Crippen LogP contribution in [0.2, 0.25) is 10.0 Å². The lowest BCUT2D eigenvalue weighted by Crippen LogP contribution is -2.09. The van der Waals surface area contributed by atoms with E-state index < -0.39 is 0 Å². The van der Waals surface area contributed by atoms with Crippen LogP contribution < -0.4 is 15.2 Å². The summed E-state index contributed by atoms with van der Waals surface area (Å²) >= 11 is 11.7. The van der Waals surface area contributed by atoms with Gasteiger partial charge in [0, 0.05) is 6.07 Å². The molecule has 2 rings (SSSR count). The molecule has 0 saturated carbocycles. The molecule has 2 aromatic carbocycles. The fourth-order valence-corrected chi connectivity index (χ4v) is 1.78. The van der Waals surface area contributed by atoms with E-state index in [1.54, 1.807) is 24.3 Å². The molecule has 0 unspecified atom stereocenters. The summed E-state index contributed by atoms with van der Waals surface area (Å²) in [6.07, 6.45) is 0. The first-order valence-corrected chi connectivity index (χ1v) is 6.47. The van der Waals surface area contributed by atoms with E-state index in [0.29, 0.717) is 40.4 Å². The summed E-state index contributed by atoms with van der Waals surface area (Å²) in [7, 11) is 0. The van der Waals surface area contributed by atoms with Crippen molar-refractivity contribution in [2.45, 2.75) is 0 Å². The van der Waals surface area contributed by atoms with Gasteiger partial charge in [-0.1, -0.05) is 35.3 Å². The first kappa shape index (κ1) is 13.8. The second-order valence-electron chi connectivity index (χ2n) is 3.81. The van der Waals surface area contributed by atoms with Crippen molar-refractivity contribution in [2.75, 3.05) is 18.9 Å². The maximum atomic E-state index is 5.88. The van der Waals surface area contributed by atoms with Crippen LogP contribution in [0.15, 0.2) is 42.5 Å². The maximum Gasteiger partial charge on any atom is 0.142 e. The van der Waals surface area contributed by atoms with Crippen LogP contribution in [0.25, 0.3) is 0 Å². The Kier molecular flexibility index (Phi) is 4.77. The van der Waals surface area contributed by atoms with Crippen LogP contribution in [-0.2, 0) is 0 Å². The molecule has 0 aliphatic rings. The highest BCUT2D eigenvalue weighted by atomic mass is 35.5. The van der Waals surface area contributed by atoms with E-state index in [9.17, 15) is 0 Å². The van der Waals surface area contributed by atoms with Crippen molar-refractivity contribution in [3.8, 4) is 11.5 Å². The minimum absolute atomic E-state index is 0.395. The number of halogens is 2. The van der Waals surface area contributed by atoms with Crippen molar-refractivity contribution in [1.29, 1.82) is 0 Å². The molecule has 0 aliphatic carbocycles. The Morgan fingerprint density at radius 2 is 1.63 bits per heavy atom. The van der Waals surface area contributed by atoms with Crippen molar-refractivity contribution in [3.63, 3.8) is 0 Å². The molecule has 2 N–H and O–H groups in total. The zero-order valence-electron chi connectivity index (χ0n) is 10.1. The number of anilines is 1. The minimum Gasteiger partial charge on any atom is -0.490 e. The van der Waals surface area contributed by atoms with Gasteiger partial charge in [-0.05, 0) is 24.3 Å². The molecule has 0 saturated heterocycles.